The van der Waals surface area contributed by atoms with Crippen molar-refractivity contribution in [1.29, 1.82) is 0 Å². The van der Waals surface area contributed by atoms with Gasteiger partial charge in [-0.3, -0.25) is 9.59 Å². The summed E-state index contributed by atoms with van der Waals surface area (Å²) in [6.07, 6.45) is 0.174. The zero-order valence-corrected chi connectivity index (χ0v) is 19.7. The Morgan fingerprint density at radius 2 is 1.76 bits per heavy atom. The Kier molecular flexibility index (Phi) is 8.99. The minimum atomic E-state index is -1.36. The third-order valence-electron chi connectivity index (χ3n) is 5.51. The molecule has 0 bridgehead atoms. The molecular weight excluding hydrogens is 432 g/mol. The average molecular weight is 465 g/mol. The molecule has 1 saturated heterocycles. The first kappa shape index (κ1) is 26.3. The summed E-state index contributed by atoms with van der Waals surface area (Å²) in [5.41, 5.74) is 0.545. The molecule has 0 aromatic carbocycles. The second-order valence-electron chi connectivity index (χ2n) is 8.66. The van der Waals surface area contributed by atoms with E-state index >= 15 is 0 Å². The molecular formula is C24H32O9. The molecule has 1 heterocycles. The molecule has 33 heavy (non-hydrogen) atoms. The zero-order chi connectivity index (χ0) is 24.9. The molecule has 0 aromatic rings. The first-order valence-corrected chi connectivity index (χ1v) is 10.9. The standard InChI is InChI=1S/C24H32O9/c1-12(2)21(26)32-19-16(24(29)30-6)9-7-8-15(11-25)10-17-18(14(5)23(28)31-17)20(19)33-22(27)13(3)4/h9-10,12-13,17-20,25H,5,7-8,11H2,1-4,6H3/b15-10+,16-9+/t17-,18-,19+,20?/m0/s1. The lowest BCUT2D eigenvalue weighted by Crippen LogP contribution is -2.47. The molecule has 2 aliphatic rings. The van der Waals surface area contributed by atoms with Gasteiger partial charge in [0.25, 0.3) is 0 Å². The van der Waals surface area contributed by atoms with E-state index in [0.717, 1.165) is 0 Å². The van der Waals surface area contributed by atoms with E-state index in [4.69, 9.17) is 18.9 Å². The molecule has 0 radical (unpaired) electrons. The average Bonchev–Trinajstić information content (AvgIpc) is 3.04. The Balaban J connectivity index is 2.73. The van der Waals surface area contributed by atoms with Gasteiger partial charge in [0, 0.05) is 5.57 Å². The molecule has 0 amide bonds. The van der Waals surface area contributed by atoms with Crippen molar-refractivity contribution in [2.45, 2.75) is 58.8 Å². The van der Waals surface area contributed by atoms with Crippen molar-refractivity contribution in [3.63, 3.8) is 0 Å². The number of methoxy groups -OCH3 is 1. The van der Waals surface area contributed by atoms with Crippen LogP contribution in [0, 0.1) is 17.8 Å². The van der Waals surface area contributed by atoms with Crippen LogP contribution in [0.3, 0.4) is 0 Å². The number of aliphatic hydroxyl groups is 1. The summed E-state index contributed by atoms with van der Waals surface area (Å²) in [5, 5.41) is 9.76. The number of esters is 4. The van der Waals surface area contributed by atoms with Gasteiger partial charge in [-0.2, -0.15) is 0 Å². The van der Waals surface area contributed by atoms with Crippen LogP contribution >= 0.6 is 0 Å². The fraction of sp³-hybridized carbons (Fsp3) is 0.583. The van der Waals surface area contributed by atoms with Crippen molar-refractivity contribution in [2.75, 3.05) is 13.7 Å². The number of hydrogen-bond donors (Lipinski definition) is 1. The predicted molar refractivity (Wildman–Crippen MR) is 116 cm³/mol. The van der Waals surface area contributed by atoms with Gasteiger partial charge in [-0.15, -0.1) is 0 Å². The van der Waals surface area contributed by atoms with Gasteiger partial charge in [-0.1, -0.05) is 40.3 Å². The van der Waals surface area contributed by atoms with Gasteiger partial charge in [0.2, 0.25) is 0 Å². The fourth-order valence-electron chi connectivity index (χ4n) is 3.59. The highest BCUT2D eigenvalue weighted by Crippen LogP contribution is 2.38. The normalized spacial score (nSPS) is 28.7. The summed E-state index contributed by atoms with van der Waals surface area (Å²) in [7, 11) is 1.18. The maximum Gasteiger partial charge on any atom is 0.337 e. The highest BCUT2D eigenvalue weighted by molar-refractivity contribution is 5.93. The Morgan fingerprint density at radius 1 is 1.15 bits per heavy atom. The summed E-state index contributed by atoms with van der Waals surface area (Å²) in [6.45, 7) is 10.0. The Hall–Kier alpha value is -2.94. The molecule has 1 fully saturated rings. The van der Waals surface area contributed by atoms with Crippen molar-refractivity contribution >= 4 is 23.9 Å². The van der Waals surface area contributed by atoms with Gasteiger partial charge in [-0.25, -0.2) is 9.59 Å². The van der Waals surface area contributed by atoms with E-state index in [9.17, 15) is 24.3 Å². The summed E-state index contributed by atoms with van der Waals surface area (Å²) in [4.78, 5) is 50.5. The van der Waals surface area contributed by atoms with E-state index in [1.165, 1.54) is 13.2 Å². The van der Waals surface area contributed by atoms with E-state index in [-0.39, 0.29) is 17.8 Å². The molecule has 1 N–H and O–H groups in total. The van der Waals surface area contributed by atoms with Gasteiger partial charge < -0.3 is 24.1 Å². The van der Waals surface area contributed by atoms with Crippen molar-refractivity contribution < 1.29 is 43.2 Å². The second kappa shape index (κ2) is 11.3. The van der Waals surface area contributed by atoms with Crippen molar-refractivity contribution in [1.82, 2.24) is 0 Å². The van der Waals surface area contributed by atoms with Gasteiger partial charge >= 0.3 is 23.9 Å². The molecule has 0 saturated carbocycles. The molecule has 9 heteroatoms. The van der Waals surface area contributed by atoms with Crippen LogP contribution in [0.5, 0.6) is 0 Å². The maximum absolute atomic E-state index is 12.7. The Labute approximate surface area is 193 Å². The number of aliphatic hydroxyl groups excluding tert-OH is 1. The Morgan fingerprint density at radius 3 is 2.30 bits per heavy atom. The number of rotatable bonds is 6. The largest absolute Gasteiger partial charge is 0.466 e. The molecule has 2 rings (SSSR count). The van der Waals surface area contributed by atoms with E-state index in [0.29, 0.717) is 18.4 Å². The third-order valence-corrected chi connectivity index (χ3v) is 5.51. The number of ether oxygens (including phenoxy) is 4. The predicted octanol–water partition coefficient (Wildman–Crippen LogP) is 2.03. The van der Waals surface area contributed by atoms with Crippen LogP contribution in [0.4, 0.5) is 0 Å². The smallest absolute Gasteiger partial charge is 0.337 e. The third kappa shape index (κ3) is 6.10. The summed E-state index contributed by atoms with van der Waals surface area (Å²) in [6, 6.07) is 0. The number of allylic oxidation sites excluding steroid dienone is 1. The quantitative estimate of drug-likeness (QED) is 0.272. The minimum Gasteiger partial charge on any atom is -0.466 e. The molecule has 9 nitrogen and oxygen atoms in total. The molecule has 1 unspecified atom stereocenters. The lowest BCUT2D eigenvalue weighted by Gasteiger charge is -2.34. The first-order chi connectivity index (χ1) is 15.5. The second-order valence-corrected chi connectivity index (χ2v) is 8.66. The molecule has 1 aliphatic carbocycles. The summed E-state index contributed by atoms with van der Waals surface area (Å²) in [5.74, 6) is -4.77. The van der Waals surface area contributed by atoms with Crippen molar-refractivity contribution in [2.24, 2.45) is 17.8 Å². The lowest BCUT2D eigenvalue weighted by atomic mass is 9.83. The van der Waals surface area contributed by atoms with Gasteiger partial charge in [0.05, 0.1) is 37.0 Å². The van der Waals surface area contributed by atoms with Crippen molar-refractivity contribution in [3.8, 4) is 0 Å². The molecule has 0 spiro atoms. The van der Waals surface area contributed by atoms with Crippen LogP contribution < -0.4 is 0 Å². The number of fused-ring (bicyclic) bond motifs is 1. The zero-order valence-electron chi connectivity index (χ0n) is 19.7. The highest BCUT2D eigenvalue weighted by atomic mass is 16.6. The van der Waals surface area contributed by atoms with E-state index in [1.807, 2.05) is 0 Å². The van der Waals surface area contributed by atoms with Crippen LogP contribution in [0.15, 0.2) is 35.5 Å². The van der Waals surface area contributed by atoms with Crippen LogP contribution in [0.1, 0.15) is 40.5 Å². The monoisotopic (exact) mass is 464 g/mol. The SMILES string of the molecule is C=C1C(=O)O[C@H]2/C=C(/CO)CC/C=C(/C(=O)OC)[C@@H](OC(=O)C(C)C)C(OC(=O)C(C)C)[C@@H]12. The summed E-state index contributed by atoms with van der Waals surface area (Å²) >= 11 is 0. The molecule has 182 valence electrons. The molecule has 4 atom stereocenters. The van der Waals surface area contributed by atoms with Crippen LogP contribution in [0.2, 0.25) is 0 Å². The topological polar surface area (TPSA) is 125 Å². The lowest BCUT2D eigenvalue weighted by molar-refractivity contribution is -0.175. The first-order valence-electron chi connectivity index (χ1n) is 10.9. The van der Waals surface area contributed by atoms with Gasteiger partial charge in [0.1, 0.15) is 6.10 Å². The van der Waals surface area contributed by atoms with Crippen molar-refractivity contribution in [3.05, 3.63) is 35.5 Å². The number of carbonyl (C=O) groups excluding carboxylic acids is 4. The maximum atomic E-state index is 12.7. The number of hydrogen-bond acceptors (Lipinski definition) is 9. The highest BCUT2D eigenvalue weighted by Gasteiger charge is 2.51. The van der Waals surface area contributed by atoms with Gasteiger partial charge in [-0.05, 0) is 24.5 Å². The van der Waals surface area contributed by atoms with E-state index in [1.54, 1.807) is 33.8 Å². The van der Waals surface area contributed by atoms with E-state index < -0.39 is 59.9 Å². The number of carbonyl (C=O) groups is 4. The summed E-state index contributed by atoms with van der Waals surface area (Å²) < 4.78 is 21.8. The van der Waals surface area contributed by atoms with Crippen LogP contribution in [-0.2, 0) is 38.1 Å². The Bertz CT molecular complexity index is 865. The minimum absolute atomic E-state index is 0.00508. The molecule has 1 aliphatic heterocycles. The van der Waals surface area contributed by atoms with Gasteiger partial charge in [0.15, 0.2) is 12.2 Å². The molecule has 0 aromatic heterocycles. The fourth-order valence-corrected chi connectivity index (χ4v) is 3.59. The van der Waals surface area contributed by atoms with Crippen LogP contribution in [-0.4, -0.2) is 61.0 Å². The van der Waals surface area contributed by atoms with E-state index in [2.05, 4.69) is 6.58 Å². The van der Waals surface area contributed by atoms with Crippen LogP contribution in [0.25, 0.3) is 0 Å².